The Morgan fingerprint density at radius 2 is 1.94 bits per heavy atom. The topological polar surface area (TPSA) is 47.1 Å². The van der Waals surface area contributed by atoms with Gasteiger partial charge < -0.3 is 10.3 Å². The molecule has 1 aliphatic heterocycles. The molecule has 2 unspecified atom stereocenters. The number of nitrogens with two attached hydrogens (primary N) is 1. The van der Waals surface area contributed by atoms with Crippen LogP contribution in [0.2, 0.25) is 0 Å². The van der Waals surface area contributed by atoms with Gasteiger partial charge in [-0.3, -0.25) is 4.90 Å². The lowest BCUT2D eigenvalue weighted by Gasteiger charge is -2.39. The Labute approximate surface area is 109 Å². The molecule has 3 rings (SSSR count). The first kappa shape index (κ1) is 12.2. The molecule has 1 aromatic heterocycles. The zero-order chi connectivity index (χ0) is 12.4. The van der Waals surface area contributed by atoms with E-state index in [1.807, 2.05) is 6.20 Å². The van der Waals surface area contributed by atoms with E-state index in [0.29, 0.717) is 12.1 Å². The summed E-state index contributed by atoms with van der Waals surface area (Å²) >= 11 is 0. The van der Waals surface area contributed by atoms with Crippen molar-refractivity contribution in [3.05, 3.63) is 18.2 Å². The Balaban J connectivity index is 1.69. The molecule has 1 fully saturated rings. The van der Waals surface area contributed by atoms with Crippen LogP contribution in [0.25, 0.3) is 0 Å². The fourth-order valence-electron chi connectivity index (χ4n) is 3.42. The Kier molecular flexibility index (Phi) is 3.66. The van der Waals surface area contributed by atoms with E-state index in [1.165, 1.54) is 44.3 Å². The van der Waals surface area contributed by atoms with Gasteiger partial charge in [-0.1, -0.05) is 25.7 Å². The first-order chi connectivity index (χ1) is 8.84. The third kappa shape index (κ3) is 2.45. The maximum absolute atomic E-state index is 6.41. The largest absolute Gasteiger partial charge is 0.333 e. The summed E-state index contributed by atoms with van der Waals surface area (Å²) in [5, 5.41) is 0. The Morgan fingerprint density at radius 1 is 1.11 bits per heavy atom. The van der Waals surface area contributed by atoms with Crippen LogP contribution in [0.4, 0.5) is 0 Å². The van der Waals surface area contributed by atoms with Crippen molar-refractivity contribution in [2.75, 3.05) is 6.54 Å². The van der Waals surface area contributed by atoms with Crippen LogP contribution in [-0.2, 0) is 13.1 Å². The molecule has 18 heavy (non-hydrogen) atoms. The van der Waals surface area contributed by atoms with Crippen LogP contribution < -0.4 is 5.73 Å². The molecule has 0 amide bonds. The Bertz CT molecular complexity index is 387. The van der Waals surface area contributed by atoms with Gasteiger partial charge in [-0.2, -0.15) is 0 Å². The van der Waals surface area contributed by atoms with Crippen LogP contribution in [0.5, 0.6) is 0 Å². The number of nitrogens with zero attached hydrogens (tertiary/aromatic N) is 3. The van der Waals surface area contributed by atoms with Gasteiger partial charge in [-0.25, -0.2) is 4.98 Å². The van der Waals surface area contributed by atoms with Gasteiger partial charge in [0.2, 0.25) is 0 Å². The van der Waals surface area contributed by atoms with E-state index in [4.69, 9.17) is 5.73 Å². The summed E-state index contributed by atoms with van der Waals surface area (Å²) in [6, 6.07) is 0.919. The van der Waals surface area contributed by atoms with Crippen LogP contribution >= 0.6 is 0 Å². The molecule has 1 aromatic rings. The second-order valence-electron chi connectivity index (χ2n) is 5.73. The second kappa shape index (κ2) is 5.41. The molecule has 0 bridgehead atoms. The average molecular weight is 248 g/mol. The number of imidazole rings is 1. The van der Waals surface area contributed by atoms with E-state index in [0.717, 1.165) is 19.6 Å². The summed E-state index contributed by atoms with van der Waals surface area (Å²) < 4.78 is 2.27. The quantitative estimate of drug-likeness (QED) is 0.823. The lowest BCUT2D eigenvalue weighted by atomic mass is 9.91. The monoisotopic (exact) mass is 248 g/mol. The smallest absolute Gasteiger partial charge is 0.122 e. The summed E-state index contributed by atoms with van der Waals surface area (Å²) in [6.45, 7) is 3.17. The molecule has 0 radical (unpaired) electrons. The van der Waals surface area contributed by atoms with Gasteiger partial charge in [0.1, 0.15) is 5.82 Å². The SMILES string of the molecule is NC1CCCCCCC1N1CCn2ccnc2C1. The predicted molar refractivity (Wildman–Crippen MR) is 72.1 cm³/mol. The van der Waals surface area contributed by atoms with E-state index >= 15 is 0 Å². The van der Waals surface area contributed by atoms with Gasteiger partial charge in [0.15, 0.2) is 0 Å². The van der Waals surface area contributed by atoms with E-state index in [1.54, 1.807) is 0 Å². The van der Waals surface area contributed by atoms with Crippen molar-refractivity contribution < 1.29 is 0 Å². The summed E-state index contributed by atoms with van der Waals surface area (Å²) in [5.74, 6) is 1.20. The third-order valence-corrected chi connectivity index (χ3v) is 4.52. The van der Waals surface area contributed by atoms with Crippen molar-refractivity contribution in [3.8, 4) is 0 Å². The van der Waals surface area contributed by atoms with Crippen molar-refractivity contribution in [3.63, 3.8) is 0 Å². The molecule has 2 N–H and O–H groups in total. The molecule has 2 aliphatic rings. The number of aromatic nitrogens is 2. The number of fused-ring (bicyclic) bond motifs is 1. The molecule has 0 spiro atoms. The van der Waals surface area contributed by atoms with E-state index in [2.05, 4.69) is 20.6 Å². The molecule has 0 saturated heterocycles. The highest BCUT2D eigenvalue weighted by molar-refractivity contribution is 4.98. The second-order valence-corrected chi connectivity index (χ2v) is 5.73. The Morgan fingerprint density at radius 3 is 2.83 bits per heavy atom. The molecular formula is C14H24N4. The van der Waals surface area contributed by atoms with Crippen molar-refractivity contribution in [2.45, 2.75) is 63.7 Å². The zero-order valence-electron chi connectivity index (χ0n) is 11.1. The van der Waals surface area contributed by atoms with Crippen LogP contribution in [-0.4, -0.2) is 33.1 Å². The molecule has 2 heterocycles. The third-order valence-electron chi connectivity index (χ3n) is 4.52. The molecule has 1 saturated carbocycles. The molecule has 100 valence electrons. The molecule has 4 nitrogen and oxygen atoms in total. The highest BCUT2D eigenvalue weighted by Crippen LogP contribution is 2.23. The Hall–Kier alpha value is -0.870. The maximum Gasteiger partial charge on any atom is 0.122 e. The minimum atomic E-state index is 0.354. The van der Waals surface area contributed by atoms with Crippen molar-refractivity contribution in [1.29, 1.82) is 0 Å². The predicted octanol–water partition coefficient (Wildman–Crippen LogP) is 1.75. The number of hydrogen-bond donors (Lipinski definition) is 1. The molecule has 0 aromatic carbocycles. The number of hydrogen-bond acceptors (Lipinski definition) is 3. The lowest BCUT2D eigenvalue weighted by Crippen LogP contribution is -2.50. The van der Waals surface area contributed by atoms with Crippen LogP contribution in [0.15, 0.2) is 12.4 Å². The lowest BCUT2D eigenvalue weighted by molar-refractivity contribution is 0.114. The fourth-order valence-corrected chi connectivity index (χ4v) is 3.42. The first-order valence-corrected chi connectivity index (χ1v) is 7.34. The van der Waals surface area contributed by atoms with Crippen LogP contribution in [0.1, 0.15) is 44.3 Å². The van der Waals surface area contributed by atoms with Crippen LogP contribution in [0.3, 0.4) is 0 Å². The highest BCUT2D eigenvalue weighted by atomic mass is 15.3. The summed E-state index contributed by atoms with van der Waals surface area (Å²) in [7, 11) is 0. The summed E-state index contributed by atoms with van der Waals surface area (Å²) in [4.78, 5) is 7.02. The van der Waals surface area contributed by atoms with Gasteiger partial charge >= 0.3 is 0 Å². The van der Waals surface area contributed by atoms with Gasteiger partial charge in [-0.05, 0) is 12.8 Å². The summed E-state index contributed by atoms with van der Waals surface area (Å²) in [6.07, 6.45) is 11.8. The van der Waals surface area contributed by atoms with Crippen molar-refractivity contribution in [2.24, 2.45) is 5.73 Å². The highest BCUT2D eigenvalue weighted by Gasteiger charge is 2.28. The van der Waals surface area contributed by atoms with Gasteiger partial charge in [0, 0.05) is 37.6 Å². The average Bonchev–Trinajstić information content (AvgIpc) is 2.81. The summed E-state index contributed by atoms with van der Waals surface area (Å²) in [5.41, 5.74) is 6.41. The molecule has 1 aliphatic carbocycles. The maximum atomic E-state index is 6.41. The number of rotatable bonds is 1. The zero-order valence-corrected chi connectivity index (χ0v) is 11.1. The van der Waals surface area contributed by atoms with Crippen molar-refractivity contribution in [1.82, 2.24) is 14.5 Å². The van der Waals surface area contributed by atoms with E-state index in [9.17, 15) is 0 Å². The van der Waals surface area contributed by atoms with E-state index in [-0.39, 0.29) is 0 Å². The molecule has 2 atom stereocenters. The van der Waals surface area contributed by atoms with Gasteiger partial charge in [0.05, 0.1) is 6.54 Å². The first-order valence-electron chi connectivity index (χ1n) is 7.34. The minimum Gasteiger partial charge on any atom is -0.333 e. The van der Waals surface area contributed by atoms with Crippen LogP contribution in [0, 0.1) is 0 Å². The molecular weight excluding hydrogens is 224 g/mol. The molecule has 4 heteroatoms. The van der Waals surface area contributed by atoms with Crippen molar-refractivity contribution >= 4 is 0 Å². The minimum absolute atomic E-state index is 0.354. The normalized spacial score (nSPS) is 30.5. The van der Waals surface area contributed by atoms with E-state index < -0.39 is 0 Å². The fraction of sp³-hybridized carbons (Fsp3) is 0.786. The van der Waals surface area contributed by atoms with Gasteiger partial charge in [0.25, 0.3) is 0 Å². The standard InChI is InChI=1S/C14H24N4/c15-12-5-3-1-2-4-6-13(12)18-10-9-17-8-7-16-14(17)11-18/h7-8,12-13H,1-6,9-11,15H2. The van der Waals surface area contributed by atoms with Gasteiger partial charge in [-0.15, -0.1) is 0 Å².